The standard InChI is InChI=1S/C17H19NO3S/c1-2-17(19)15-10-8-14(9-11-15)12-13-18-22(20,21)16-6-4-3-5-7-16/h3-11,18H,2,12-13H2,1H3. The highest BCUT2D eigenvalue weighted by Crippen LogP contribution is 2.09. The molecular formula is C17H19NO3S. The lowest BCUT2D eigenvalue weighted by atomic mass is 10.1. The van der Waals surface area contributed by atoms with E-state index in [9.17, 15) is 13.2 Å². The Morgan fingerprint density at radius 3 is 2.23 bits per heavy atom. The van der Waals surface area contributed by atoms with Gasteiger partial charge in [0.25, 0.3) is 0 Å². The maximum atomic E-state index is 12.0. The van der Waals surface area contributed by atoms with Crippen LogP contribution in [0.4, 0.5) is 0 Å². The molecule has 2 aromatic rings. The number of Topliss-reactive ketones (excluding diaryl/α,β-unsaturated/α-hetero) is 1. The Morgan fingerprint density at radius 1 is 1.00 bits per heavy atom. The molecule has 0 spiro atoms. The molecule has 0 saturated carbocycles. The van der Waals surface area contributed by atoms with Crippen LogP contribution in [0.1, 0.15) is 29.3 Å². The van der Waals surface area contributed by atoms with E-state index in [-0.39, 0.29) is 10.7 Å². The predicted molar refractivity (Wildman–Crippen MR) is 86.4 cm³/mol. The van der Waals surface area contributed by atoms with Crippen molar-refractivity contribution >= 4 is 15.8 Å². The number of benzene rings is 2. The second-order valence-corrected chi connectivity index (χ2v) is 6.70. The van der Waals surface area contributed by atoms with E-state index >= 15 is 0 Å². The molecule has 0 aliphatic rings. The van der Waals surface area contributed by atoms with Gasteiger partial charge in [-0.2, -0.15) is 0 Å². The SMILES string of the molecule is CCC(=O)c1ccc(CCNS(=O)(=O)c2ccccc2)cc1. The van der Waals surface area contributed by atoms with Gasteiger partial charge in [-0.05, 0) is 24.1 Å². The average molecular weight is 317 g/mol. The molecule has 2 rings (SSSR count). The lowest BCUT2D eigenvalue weighted by molar-refractivity contribution is 0.0988. The van der Waals surface area contributed by atoms with Crippen molar-refractivity contribution in [2.75, 3.05) is 6.54 Å². The number of hydrogen-bond acceptors (Lipinski definition) is 3. The van der Waals surface area contributed by atoms with Gasteiger partial charge in [-0.1, -0.05) is 49.4 Å². The van der Waals surface area contributed by atoms with Gasteiger partial charge in [-0.25, -0.2) is 13.1 Å². The van der Waals surface area contributed by atoms with Crippen molar-refractivity contribution in [3.8, 4) is 0 Å². The summed E-state index contributed by atoms with van der Waals surface area (Å²) in [6, 6.07) is 15.6. The molecule has 0 fully saturated rings. The number of nitrogens with one attached hydrogen (secondary N) is 1. The Morgan fingerprint density at radius 2 is 1.64 bits per heavy atom. The summed E-state index contributed by atoms with van der Waals surface area (Å²) in [5.41, 5.74) is 1.68. The molecule has 0 atom stereocenters. The molecule has 0 saturated heterocycles. The van der Waals surface area contributed by atoms with Crippen molar-refractivity contribution in [2.45, 2.75) is 24.7 Å². The summed E-state index contributed by atoms with van der Waals surface area (Å²) >= 11 is 0. The van der Waals surface area contributed by atoms with Gasteiger partial charge in [0.05, 0.1) is 4.90 Å². The average Bonchev–Trinajstić information content (AvgIpc) is 2.55. The van der Waals surface area contributed by atoms with E-state index in [2.05, 4.69) is 4.72 Å². The molecule has 22 heavy (non-hydrogen) atoms. The first-order chi connectivity index (χ1) is 10.5. The second kappa shape index (κ2) is 7.33. The van der Waals surface area contributed by atoms with Gasteiger partial charge >= 0.3 is 0 Å². The summed E-state index contributed by atoms with van der Waals surface area (Å²) in [7, 11) is -3.46. The molecular weight excluding hydrogens is 298 g/mol. The van der Waals surface area contributed by atoms with Crippen molar-refractivity contribution in [1.29, 1.82) is 0 Å². The molecule has 0 aliphatic heterocycles. The van der Waals surface area contributed by atoms with Crippen molar-refractivity contribution in [1.82, 2.24) is 4.72 Å². The van der Waals surface area contributed by atoms with Gasteiger partial charge in [0.1, 0.15) is 0 Å². The fourth-order valence-corrected chi connectivity index (χ4v) is 3.13. The van der Waals surface area contributed by atoms with Crippen LogP contribution in [-0.4, -0.2) is 20.7 Å². The first-order valence-electron chi connectivity index (χ1n) is 7.20. The Bertz CT molecular complexity index is 722. The first-order valence-corrected chi connectivity index (χ1v) is 8.68. The molecule has 0 aliphatic carbocycles. The van der Waals surface area contributed by atoms with Crippen LogP contribution in [-0.2, 0) is 16.4 Å². The quantitative estimate of drug-likeness (QED) is 0.799. The van der Waals surface area contributed by atoms with E-state index in [4.69, 9.17) is 0 Å². The highest BCUT2D eigenvalue weighted by atomic mass is 32.2. The van der Waals surface area contributed by atoms with Gasteiger partial charge in [0.15, 0.2) is 5.78 Å². The highest BCUT2D eigenvalue weighted by Gasteiger charge is 2.12. The lowest BCUT2D eigenvalue weighted by Gasteiger charge is -2.07. The molecule has 0 heterocycles. The Balaban J connectivity index is 1.92. The van der Waals surface area contributed by atoms with Gasteiger partial charge < -0.3 is 0 Å². The summed E-state index contributed by atoms with van der Waals surface area (Å²) in [5.74, 6) is 0.108. The van der Waals surface area contributed by atoms with Gasteiger partial charge in [0, 0.05) is 18.5 Å². The number of ketones is 1. The number of hydrogen-bond donors (Lipinski definition) is 1. The molecule has 4 nitrogen and oxygen atoms in total. The van der Waals surface area contributed by atoms with Crippen LogP contribution in [0.25, 0.3) is 0 Å². The minimum absolute atomic E-state index is 0.108. The largest absolute Gasteiger partial charge is 0.294 e. The fourth-order valence-electron chi connectivity index (χ4n) is 2.07. The molecule has 1 N–H and O–H groups in total. The maximum absolute atomic E-state index is 12.0. The van der Waals surface area contributed by atoms with Crippen LogP contribution in [0.15, 0.2) is 59.5 Å². The molecule has 0 bridgehead atoms. The van der Waals surface area contributed by atoms with E-state index in [0.29, 0.717) is 24.9 Å². The van der Waals surface area contributed by atoms with Crippen LogP contribution >= 0.6 is 0 Å². The minimum Gasteiger partial charge on any atom is -0.294 e. The normalized spacial score (nSPS) is 11.3. The monoisotopic (exact) mass is 317 g/mol. The van der Waals surface area contributed by atoms with Crippen LogP contribution < -0.4 is 4.72 Å². The van der Waals surface area contributed by atoms with Crippen molar-refractivity contribution in [3.05, 3.63) is 65.7 Å². The molecule has 0 amide bonds. The van der Waals surface area contributed by atoms with Crippen LogP contribution in [0, 0.1) is 0 Å². The Kier molecular flexibility index (Phi) is 5.46. The third kappa shape index (κ3) is 4.26. The Labute approximate surface area is 131 Å². The summed E-state index contributed by atoms with van der Waals surface area (Å²) < 4.78 is 26.7. The number of rotatable bonds is 7. The number of carbonyl (C=O) groups excluding carboxylic acids is 1. The molecule has 0 unspecified atom stereocenters. The van der Waals surface area contributed by atoms with E-state index in [1.807, 2.05) is 19.1 Å². The first kappa shape index (κ1) is 16.4. The summed E-state index contributed by atoms with van der Waals surface area (Å²) in [5, 5.41) is 0. The van der Waals surface area contributed by atoms with E-state index in [1.54, 1.807) is 42.5 Å². The molecule has 0 radical (unpaired) electrons. The summed E-state index contributed by atoms with van der Waals surface area (Å²) in [4.78, 5) is 11.8. The molecule has 2 aromatic carbocycles. The fraction of sp³-hybridized carbons (Fsp3) is 0.235. The topological polar surface area (TPSA) is 63.2 Å². The molecule has 5 heteroatoms. The lowest BCUT2D eigenvalue weighted by Crippen LogP contribution is -2.25. The number of carbonyl (C=O) groups is 1. The third-order valence-corrected chi connectivity index (χ3v) is 4.83. The van der Waals surface area contributed by atoms with Crippen molar-refractivity contribution in [2.24, 2.45) is 0 Å². The van der Waals surface area contributed by atoms with Crippen molar-refractivity contribution < 1.29 is 13.2 Å². The summed E-state index contributed by atoms with van der Waals surface area (Å²) in [6.45, 7) is 2.15. The third-order valence-electron chi connectivity index (χ3n) is 3.36. The van der Waals surface area contributed by atoms with Crippen LogP contribution in [0.2, 0.25) is 0 Å². The highest BCUT2D eigenvalue weighted by molar-refractivity contribution is 7.89. The minimum atomic E-state index is -3.46. The maximum Gasteiger partial charge on any atom is 0.240 e. The van der Waals surface area contributed by atoms with E-state index in [1.165, 1.54) is 0 Å². The Hall–Kier alpha value is -1.98. The van der Waals surface area contributed by atoms with E-state index in [0.717, 1.165) is 5.56 Å². The zero-order valence-corrected chi connectivity index (χ0v) is 13.3. The molecule has 0 aromatic heterocycles. The number of sulfonamides is 1. The second-order valence-electron chi connectivity index (χ2n) is 4.93. The van der Waals surface area contributed by atoms with Crippen molar-refractivity contribution in [3.63, 3.8) is 0 Å². The van der Waals surface area contributed by atoms with Crippen LogP contribution in [0.3, 0.4) is 0 Å². The van der Waals surface area contributed by atoms with Gasteiger partial charge in [0.2, 0.25) is 10.0 Å². The summed E-state index contributed by atoms with van der Waals surface area (Å²) in [6.07, 6.45) is 1.06. The van der Waals surface area contributed by atoms with Gasteiger partial charge in [-0.15, -0.1) is 0 Å². The van der Waals surface area contributed by atoms with Crippen LogP contribution in [0.5, 0.6) is 0 Å². The zero-order valence-electron chi connectivity index (χ0n) is 12.5. The van der Waals surface area contributed by atoms with E-state index < -0.39 is 10.0 Å². The molecule has 116 valence electrons. The smallest absolute Gasteiger partial charge is 0.240 e. The zero-order chi connectivity index (χ0) is 16.0. The van der Waals surface area contributed by atoms with Gasteiger partial charge in [-0.3, -0.25) is 4.79 Å². The predicted octanol–water partition coefficient (Wildman–Crippen LogP) is 2.80.